The lowest BCUT2D eigenvalue weighted by molar-refractivity contribution is -0.143. The Kier molecular flexibility index (Phi) is 3.36. The minimum atomic E-state index is -0.586. The molecule has 0 saturated heterocycles. The van der Waals surface area contributed by atoms with Gasteiger partial charge < -0.3 is 10.5 Å². The molecule has 0 fully saturated rings. The highest BCUT2D eigenvalue weighted by atomic mass is 35.5. The SMILES string of the molecule is COC(=O)C(C)n1c(N)nc2cc(Cl)c(Cl)cc21. The van der Waals surface area contributed by atoms with Crippen molar-refractivity contribution in [2.24, 2.45) is 0 Å². The van der Waals surface area contributed by atoms with Crippen molar-refractivity contribution in [2.75, 3.05) is 12.8 Å². The highest BCUT2D eigenvalue weighted by Gasteiger charge is 2.21. The van der Waals surface area contributed by atoms with Gasteiger partial charge in [-0.15, -0.1) is 0 Å². The van der Waals surface area contributed by atoms with E-state index in [-0.39, 0.29) is 5.95 Å². The van der Waals surface area contributed by atoms with Crippen molar-refractivity contribution in [3.05, 3.63) is 22.2 Å². The van der Waals surface area contributed by atoms with Crippen molar-refractivity contribution in [1.82, 2.24) is 9.55 Å². The highest BCUT2D eigenvalue weighted by Crippen LogP contribution is 2.31. The summed E-state index contributed by atoms with van der Waals surface area (Å²) in [6, 6.07) is 2.65. The molecule has 96 valence electrons. The lowest BCUT2D eigenvalue weighted by atomic mass is 10.2. The monoisotopic (exact) mass is 287 g/mol. The summed E-state index contributed by atoms with van der Waals surface area (Å²) in [6.07, 6.45) is 0. The number of hydrogen-bond acceptors (Lipinski definition) is 4. The number of ether oxygens (including phenoxy) is 1. The minimum absolute atomic E-state index is 0.209. The number of hydrogen-bond donors (Lipinski definition) is 1. The zero-order chi connectivity index (χ0) is 13.4. The fraction of sp³-hybridized carbons (Fsp3) is 0.273. The number of halogens is 2. The molecule has 2 N–H and O–H groups in total. The van der Waals surface area contributed by atoms with Crippen molar-refractivity contribution in [1.29, 1.82) is 0 Å². The number of esters is 1. The summed E-state index contributed by atoms with van der Waals surface area (Å²) in [4.78, 5) is 15.7. The van der Waals surface area contributed by atoms with E-state index in [9.17, 15) is 4.79 Å². The summed E-state index contributed by atoms with van der Waals surface area (Å²) >= 11 is 11.9. The molecule has 0 aliphatic heterocycles. The highest BCUT2D eigenvalue weighted by molar-refractivity contribution is 6.42. The number of imidazole rings is 1. The van der Waals surface area contributed by atoms with Crippen LogP contribution in [0.2, 0.25) is 10.0 Å². The van der Waals surface area contributed by atoms with Gasteiger partial charge >= 0.3 is 5.97 Å². The third kappa shape index (κ3) is 2.00. The molecule has 18 heavy (non-hydrogen) atoms. The van der Waals surface area contributed by atoms with E-state index in [0.717, 1.165) is 0 Å². The first kappa shape index (κ1) is 13.0. The molecular formula is C11H11Cl2N3O2. The second-order valence-corrected chi connectivity index (χ2v) is 4.61. The predicted molar refractivity (Wildman–Crippen MR) is 70.9 cm³/mol. The Balaban J connectivity index is 2.67. The number of methoxy groups -OCH3 is 1. The summed E-state index contributed by atoms with van der Waals surface area (Å²) < 4.78 is 6.25. The summed E-state index contributed by atoms with van der Waals surface area (Å²) in [7, 11) is 1.32. The van der Waals surface area contributed by atoms with Crippen LogP contribution in [0, 0.1) is 0 Å². The van der Waals surface area contributed by atoms with Gasteiger partial charge in [0.2, 0.25) is 5.95 Å². The van der Waals surface area contributed by atoms with Crippen LogP contribution in [0.4, 0.5) is 5.95 Å². The average Bonchev–Trinajstić information content (AvgIpc) is 2.63. The molecule has 0 aliphatic rings. The van der Waals surface area contributed by atoms with Crippen LogP contribution >= 0.6 is 23.2 Å². The third-order valence-corrected chi connectivity index (χ3v) is 3.41. The second-order valence-electron chi connectivity index (χ2n) is 3.79. The number of nitrogen functional groups attached to an aromatic ring is 1. The van der Waals surface area contributed by atoms with E-state index in [1.807, 2.05) is 0 Å². The first-order chi connectivity index (χ1) is 8.45. The van der Waals surface area contributed by atoms with E-state index in [1.165, 1.54) is 7.11 Å². The van der Waals surface area contributed by atoms with E-state index >= 15 is 0 Å². The Labute approximate surface area is 113 Å². The summed E-state index contributed by atoms with van der Waals surface area (Å²) in [5.41, 5.74) is 7.02. The van der Waals surface area contributed by atoms with Crippen LogP contribution < -0.4 is 5.73 Å². The molecule has 0 bridgehead atoms. The van der Waals surface area contributed by atoms with Crippen molar-refractivity contribution in [3.8, 4) is 0 Å². The van der Waals surface area contributed by atoms with Crippen molar-refractivity contribution in [3.63, 3.8) is 0 Å². The molecule has 1 unspecified atom stereocenters. The van der Waals surface area contributed by atoms with Gasteiger partial charge in [0.25, 0.3) is 0 Å². The van der Waals surface area contributed by atoms with Gasteiger partial charge in [0.05, 0.1) is 28.2 Å². The second kappa shape index (κ2) is 4.66. The van der Waals surface area contributed by atoms with Gasteiger partial charge in [-0.3, -0.25) is 4.57 Å². The predicted octanol–water partition coefficient (Wildman–Crippen LogP) is 2.66. The maximum atomic E-state index is 11.6. The van der Waals surface area contributed by atoms with Crippen molar-refractivity contribution in [2.45, 2.75) is 13.0 Å². The zero-order valence-corrected chi connectivity index (χ0v) is 11.3. The van der Waals surface area contributed by atoms with Gasteiger partial charge in [-0.1, -0.05) is 23.2 Å². The Morgan fingerprint density at radius 1 is 1.44 bits per heavy atom. The average molecular weight is 288 g/mol. The fourth-order valence-corrected chi connectivity index (χ4v) is 2.11. The number of benzene rings is 1. The van der Waals surface area contributed by atoms with Crippen LogP contribution in [-0.2, 0) is 9.53 Å². The van der Waals surface area contributed by atoms with E-state index in [1.54, 1.807) is 23.6 Å². The smallest absolute Gasteiger partial charge is 0.328 e. The number of nitrogens with two attached hydrogens (primary N) is 1. The first-order valence-electron chi connectivity index (χ1n) is 5.16. The first-order valence-corrected chi connectivity index (χ1v) is 5.91. The van der Waals surface area contributed by atoms with Crippen LogP contribution in [-0.4, -0.2) is 22.6 Å². The van der Waals surface area contributed by atoms with Crippen LogP contribution in [0.3, 0.4) is 0 Å². The quantitative estimate of drug-likeness (QED) is 0.862. The molecule has 1 atom stereocenters. The largest absolute Gasteiger partial charge is 0.467 e. The zero-order valence-electron chi connectivity index (χ0n) is 9.78. The van der Waals surface area contributed by atoms with Crippen LogP contribution in [0.25, 0.3) is 11.0 Å². The molecule has 1 heterocycles. The molecule has 7 heteroatoms. The number of anilines is 1. The maximum absolute atomic E-state index is 11.6. The van der Waals surface area contributed by atoms with E-state index in [4.69, 9.17) is 33.7 Å². The number of nitrogens with zero attached hydrogens (tertiary/aromatic N) is 2. The Morgan fingerprint density at radius 2 is 2.06 bits per heavy atom. The van der Waals surface area contributed by atoms with E-state index < -0.39 is 12.0 Å². The molecule has 1 aromatic heterocycles. The molecular weight excluding hydrogens is 277 g/mol. The summed E-state index contributed by atoms with van der Waals surface area (Å²) in [5, 5.41) is 0.766. The van der Waals surface area contributed by atoms with Gasteiger partial charge in [-0.05, 0) is 19.1 Å². The number of rotatable bonds is 2. The maximum Gasteiger partial charge on any atom is 0.328 e. The molecule has 0 spiro atoms. The van der Waals surface area contributed by atoms with Gasteiger partial charge in [0.15, 0.2) is 0 Å². The minimum Gasteiger partial charge on any atom is -0.467 e. The Hall–Kier alpha value is -1.46. The molecule has 0 aliphatic carbocycles. The van der Waals surface area contributed by atoms with E-state index in [2.05, 4.69) is 4.98 Å². The number of fused-ring (bicyclic) bond motifs is 1. The third-order valence-electron chi connectivity index (χ3n) is 2.69. The molecule has 2 rings (SSSR count). The lowest BCUT2D eigenvalue weighted by Crippen LogP contribution is -2.19. The topological polar surface area (TPSA) is 70.1 Å². The van der Waals surface area contributed by atoms with Crippen LogP contribution in [0.1, 0.15) is 13.0 Å². The molecule has 1 aromatic carbocycles. The Bertz CT molecular complexity index is 624. The molecule has 0 radical (unpaired) electrons. The van der Waals surface area contributed by atoms with E-state index in [0.29, 0.717) is 21.1 Å². The summed E-state index contributed by atoms with van der Waals surface area (Å²) in [5.74, 6) is -0.201. The van der Waals surface area contributed by atoms with Gasteiger partial charge in [-0.25, -0.2) is 9.78 Å². The molecule has 2 aromatic rings. The molecule has 0 amide bonds. The van der Waals surface area contributed by atoms with Crippen LogP contribution in [0.15, 0.2) is 12.1 Å². The Morgan fingerprint density at radius 3 is 2.67 bits per heavy atom. The fourth-order valence-electron chi connectivity index (χ4n) is 1.79. The lowest BCUT2D eigenvalue weighted by Gasteiger charge is -2.13. The normalized spacial score (nSPS) is 12.7. The number of carbonyl (C=O) groups is 1. The standard InChI is InChI=1S/C11H11Cl2N3O2/c1-5(10(17)18-2)16-9-4-7(13)6(12)3-8(9)15-11(16)14/h3-5H,1-2H3,(H2,14,15). The molecule has 5 nitrogen and oxygen atoms in total. The van der Waals surface area contributed by atoms with Gasteiger partial charge in [0.1, 0.15) is 6.04 Å². The number of carbonyl (C=O) groups excluding carboxylic acids is 1. The van der Waals surface area contributed by atoms with Gasteiger partial charge in [0, 0.05) is 0 Å². The van der Waals surface area contributed by atoms with Crippen molar-refractivity contribution >= 4 is 46.2 Å². The number of aromatic nitrogens is 2. The van der Waals surface area contributed by atoms with Crippen molar-refractivity contribution < 1.29 is 9.53 Å². The van der Waals surface area contributed by atoms with Crippen LogP contribution in [0.5, 0.6) is 0 Å². The molecule has 0 saturated carbocycles. The summed E-state index contributed by atoms with van der Waals surface area (Å²) in [6.45, 7) is 1.67. The van der Waals surface area contributed by atoms with Gasteiger partial charge in [-0.2, -0.15) is 0 Å².